The summed E-state index contributed by atoms with van der Waals surface area (Å²) in [5.74, 6) is -0.0227. The Hall–Kier alpha value is -1.88. The van der Waals surface area contributed by atoms with Crippen molar-refractivity contribution < 1.29 is 14.6 Å². The topological polar surface area (TPSA) is 75.2 Å². The van der Waals surface area contributed by atoms with Crippen LogP contribution in [0.25, 0.3) is 11.0 Å². The lowest BCUT2D eigenvalue weighted by Crippen LogP contribution is -2.06. The lowest BCUT2D eigenvalue weighted by molar-refractivity contribution is 0.0697. The van der Waals surface area contributed by atoms with Gasteiger partial charge in [-0.1, -0.05) is 0 Å². The van der Waals surface area contributed by atoms with E-state index in [9.17, 15) is 4.79 Å². The summed E-state index contributed by atoms with van der Waals surface area (Å²) < 4.78 is 5.58. The van der Waals surface area contributed by atoms with E-state index >= 15 is 0 Å². The predicted molar refractivity (Wildman–Crippen MR) is 70.3 cm³/mol. The first kappa shape index (κ1) is 12.2. The average molecular weight is 260 g/mol. The molecule has 5 heteroatoms. The Morgan fingerprint density at radius 3 is 3.16 bits per heavy atom. The van der Waals surface area contributed by atoms with Crippen LogP contribution < -0.4 is 0 Å². The second-order valence-electron chi connectivity index (χ2n) is 4.89. The van der Waals surface area contributed by atoms with E-state index < -0.39 is 5.97 Å². The maximum Gasteiger partial charge on any atom is 0.335 e. The molecule has 0 amide bonds. The number of aromatic amines is 1. The minimum absolute atomic E-state index is 0.279. The molecule has 2 N–H and O–H groups in total. The van der Waals surface area contributed by atoms with Crippen molar-refractivity contribution in [2.75, 3.05) is 6.61 Å². The van der Waals surface area contributed by atoms with Crippen molar-refractivity contribution in [1.82, 2.24) is 9.97 Å². The number of hydrogen-bond acceptors (Lipinski definition) is 3. The number of aromatic nitrogens is 2. The van der Waals surface area contributed by atoms with Gasteiger partial charge in [0.05, 0.1) is 22.7 Å². The van der Waals surface area contributed by atoms with Gasteiger partial charge in [0.1, 0.15) is 5.82 Å². The predicted octanol–water partition coefficient (Wildman–Crippen LogP) is 2.37. The molecule has 1 aromatic carbocycles. The maximum atomic E-state index is 10.9. The van der Waals surface area contributed by atoms with Crippen molar-refractivity contribution in [1.29, 1.82) is 0 Å². The van der Waals surface area contributed by atoms with E-state index in [0.717, 1.165) is 49.1 Å². The van der Waals surface area contributed by atoms with Gasteiger partial charge in [-0.3, -0.25) is 0 Å². The Morgan fingerprint density at radius 2 is 2.42 bits per heavy atom. The van der Waals surface area contributed by atoms with Gasteiger partial charge in [-0.05, 0) is 37.5 Å². The number of hydrogen-bond donors (Lipinski definition) is 2. The van der Waals surface area contributed by atoms with Crippen LogP contribution in [0.5, 0.6) is 0 Å². The maximum absolute atomic E-state index is 10.9. The van der Waals surface area contributed by atoms with E-state index in [-0.39, 0.29) is 5.56 Å². The summed E-state index contributed by atoms with van der Waals surface area (Å²) in [6, 6.07) is 4.94. The number of carbonyl (C=O) groups is 1. The van der Waals surface area contributed by atoms with E-state index in [1.165, 1.54) is 0 Å². The number of carboxylic acid groups (broad SMARTS) is 1. The fourth-order valence-corrected chi connectivity index (χ4v) is 2.48. The molecule has 0 spiro atoms. The molecule has 1 atom stereocenters. The van der Waals surface area contributed by atoms with E-state index in [1.54, 1.807) is 18.2 Å². The lowest BCUT2D eigenvalue weighted by atomic mass is 10.1. The molecule has 1 aliphatic heterocycles. The normalized spacial score (nSPS) is 19.1. The highest BCUT2D eigenvalue weighted by Gasteiger charge is 2.16. The van der Waals surface area contributed by atoms with Crippen LogP contribution in [0, 0.1) is 0 Å². The van der Waals surface area contributed by atoms with Crippen molar-refractivity contribution in [3.05, 3.63) is 29.6 Å². The van der Waals surface area contributed by atoms with Gasteiger partial charge >= 0.3 is 5.97 Å². The molecular formula is C14H16N2O3. The molecule has 3 rings (SSSR count). The van der Waals surface area contributed by atoms with Crippen molar-refractivity contribution in [3.8, 4) is 0 Å². The first-order chi connectivity index (χ1) is 9.22. The number of H-pyrrole nitrogens is 1. The third-order valence-corrected chi connectivity index (χ3v) is 3.50. The van der Waals surface area contributed by atoms with Crippen LogP contribution >= 0.6 is 0 Å². The molecule has 1 aromatic heterocycles. The smallest absolute Gasteiger partial charge is 0.335 e. The van der Waals surface area contributed by atoms with Crippen LogP contribution in [0.2, 0.25) is 0 Å². The van der Waals surface area contributed by atoms with Gasteiger partial charge < -0.3 is 14.8 Å². The van der Waals surface area contributed by atoms with Crippen LogP contribution in [0.15, 0.2) is 18.2 Å². The summed E-state index contributed by atoms with van der Waals surface area (Å²) in [4.78, 5) is 18.6. The molecule has 2 heterocycles. The van der Waals surface area contributed by atoms with E-state index in [0.29, 0.717) is 6.10 Å². The number of aryl methyl sites for hydroxylation is 1. The lowest BCUT2D eigenvalue weighted by Gasteiger charge is -2.06. The van der Waals surface area contributed by atoms with E-state index in [2.05, 4.69) is 9.97 Å². The minimum Gasteiger partial charge on any atom is -0.478 e. The van der Waals surface area contributed by atoms with E-state index in [1.807, 2.05) is 0 Å². The number of rotatable bonds is 4. The van der Waals surface area contributed by atoms with Crippen molar-refractivity contribution in [2.45, 2.75) is 31.8 Å². The largest absolute Gasteiger partial charge is 0.478 e. The van der Waals surface area contributed by atoms with Gasteiger partial charge in [0.2, 0.25) is 0 Å². The average Bonchev–Trinajstić information content (AvgIpc) is 3.04. The summed E-state index contributed by atoms with van der Waals surface area (Å²) in [7, 11) is 0. The van der Waals surface area contributed by atoms with E-state index in [4.69, 9.17) is 9.84 Å². The molecule has 2 aromatic rings. The molecule has 0 saturated carbocycles. The van der Waals surface area contributed by atoms with Crippen molar-refractivity contribution >= 4 is 17.0 Å². The van der Waals surface area contributed by atoms with Crippen LogP contribution in [0.4, 0.5) is 0 Å². The Labute approximate surface area is 110 Å². The molecule has 1 unspecified atom stereocenters. The Bertz CT molecular complexity index is 600. The van der Waals surface area contributed by atoms with Crippen LogP contribution in [-0.2, 0) is 11.2 Å². The van der Waals surface area contributed by atoms with Gasteiger partial charge in [0.15, 0.2) is 0 Å². The zero-order valence-electron chi connectivity index (χ0n) is 10.6. The highest BCUT2D eigenvalue weighted by molar-refractivity contribution is 5.92. The van der Waals surface area contributed by atoms with Gasteiger partial charge in [-0.25, -0.2) is 9.78 Å². The zero-order chi connectivity index (χ0) is 13.2. The standard InChI is InChI=1S/C14H16N2O3/c17-14(18)9-3-5-11-12(8-9)16-13(15-11)6-4-10-2-1-7-19-10/h3,5,8,10H,1-2,4,6-7H2,(H,15,16)(H,17,18). The van der Waals surface area contributed by atoms with Crippen LogP contribution in [0.3, 0.4) is 0 Å². The number of benzene rings is 1. The molecule has 19 heavy (non-hydrogen) atoms. The summed E-state index contributed by atoms with van der Waals surface area (Å²) in [5, 5.41) is 8.95. The Morgan fingerprint density at radius 1 is 1.53 bits per heavy atom. The molecule has 5 nitrogen and oxygen atoms in total. The molecule has 0 radical (unpaired) electrons. The number of ether oxygens (including phenoxy) is 1. The molecule has 100 valence electrons. The van der Waals surface area contributed by atoms with Gasteiger partial charge in [-0.2, -0.15) is 0 Å². The van der Waals surface area contributed by atoms with Crippen LogP contribution in [0.1, 0.15) is 35.4 Å². The summed E-state index contributed by atoms with van der Waals surface area (Å²) in [5.41, 5.74) is 1.87. The molecule has 0 bridgehead atoms. The number of imidazole rings is 1. The highest BCUT2D eigenvalue weighted by Crippen LogP contribution is 2.19. The number of fused-ring (bicyclic) bond motifs is 1. The van der Waals surface area contributed by atoms with Gasteiger partial charge in [0, 0.05) is 13.0 Å². The monoisotopic (exact) mass is 260 g/mol. The molecule has 1 saturated heterocycles. The number of aromatic carboxylic acids is 1. The number of carboxylic acids is 1. The third-order valence-electron chi connectivity index (χ3n) is 3.50. The van der Waals surface area contributed by atoms with Gasteiger partial charge in [0.25, 0.3) is 0 Å². The molecular weight excluding hydrogens is 244 g/mol. The second kappa shape index (κ2) is 5.01. The quantitative estimate of drug-likeness (QED) is 0.885. The molecule has 0 aliphatic carbocycles. The SMILES string of the molecule is O=C(O)c1ccc2nc(CCC3CCCO3)[nH]c2c1. The summed E-state index contributed by atoms with van der Waals surface area (Å²) in [6.07, 6.45) is 4.42. The van der Waals surface area contributed by atoms with Crippen LogP contribution in [-0.4, -0.2) is 33.8 Å². The highest BCUT2D eigenvalue weighted by atomic mass is 16.5. The summed E-state index contributed by atoms with van der Waals surface area (Å²) >= 11 is 0. The fourth-order valence-electron chi connectivity index (χ4n) is 2.48. The second-order valence-corrected chi connectivity index (χ2v) is 4.89. The molecule has 1 fully saturated rings. The fraction of sp³-hybridized carbons (Fsp3) is 0.429. The van der Waals surface area contributed by atoms with Crippen molar-refractivity contribution in [2.24, 2.45) is 0 Å². The number of nitrogens with one attached hydrogen (secondary N) is 1. The molecule has 1 aliphatic rings. The minimum atomic E-state index is -0.919. The van der Waals surface area contributed by atoms with Crippen molar-refractivity contribution in [3.63, 3.8) is 0 Å². The number of nitrogens with zero attached hydrogens (tertiary/aromatic N) is 1. The Balaban J connectivity index is 1.75. The Kier molecular flexibility index (Phi) is 3.21. The summed E-state index contributed by atoms with van der Waals surface area (Å²) in [6.45, 7) is 0.868. The zero-order valence-corrected chi connectivity index (χ0v) is 10.6. The van der Waals surface area contributed by atoms with Gasteiger partial charge in [-0.15, -0.1) is 0 Å². The third kappa shape index (κ3) is 2.61. The first-order valence-electron chi connectivity index (χ1n) is 6.56. The first-order valence-corrected chi connectivity index (χ1v) is 6.56.